The molecule has 13 heteroatoms. The maximum atomic E-state index is 13.7. The molecule has 0 bridgehead atoms. The second-order valence-corrected chi connectivity index (χ2v) is 10.0. The van der Waals surface area contributed by atoms with E-state index < -0.39 is 55.7 Å². The van der Waals surface area contributed by atoms with Crippen LogP contribution in [0.5, 0.6) is 0 Å². The number of aromatic nitrogens is 2. The number of hydrogen-bond donors (Lipinski definition) is 2. The summed E-state index contributed by atoms with van der Waals surface area (Å²) in [7, 11) is -4.54. The van der Waals surface area contributed by atoms with Gasteiger partial charge < -0.3 is 15.0 Å². The number of fused-ring (bicyclic) bond motifs is 3. The van der Waals surface area contributed by atoms with Crippen LogP contribution in [0, 0.1) is 0 Å². The van der Waals surface area contributed by atoms with Gasteiger partial charge in [0.1, 0.15) is 5.65 Å². The van der Waals surface area contributed by atoms with Crippen LogP contribution in [-0.2, 0) is 22.2 Å². The van der Waals surface area contributed by atoms with Gasteiger partial charge in [-0.2, -0.15) is 26.3 Å². The highest BCUT2D eigenvalue weighted by molar-refractivity contribution is 7.91. The normalized spacial score (nSPS) is 21.0. The molecule has 3 heterocycles. The number of nitrogens with one attached hydrogen (secondary N) is 1. The lowest BCUT2D eigenvalue weighted by molar-refractivity contribution is -0.140. The van der Waals surface area contributed by atoms with E-state index in [4.69, 9.17) is 0 Å². The van der Waals surface area contributed by atoms with Crippen molar-refractivity contribution in [3.05, 3.63) is 35.5 Å². The summed E-state index contributed by atoms with van der Waals surface area (Å²) in [5.74, 6) is 0. The Morgan fingerprint density at radius 2 is 1.85 bits per heavy atom. The number of pyridine rings is 1. The summed E-state index contributed by atoms with van der Waals surface area (Å²) in [5, 5.41) is 12.8. The smallest absolute Gasteiger partial charge is 0.390 e. The van der Waals surface area contributed by atoms with E-state index in [1.165, 1.54) is 4.57 Å². The highest BCUT2D eigenvalue weighted by Gasteiger charge is 2.40. The summed E-state index contributed by atoms with van der Waals surface area (Å²) < 4.78 is 108. The minimum absolute atomic E-state index is 0.0452. The maximum Gasteiger partial charge on any atom is 0.417 e. The molecule has 1 aliphatic rings. The first-order valence-electron chi connectivity index (χ1n) is 9.91. The summed E-state index contributed by atoms with van der Waals surface area (Å²) >= 11 is 0. The predicted octanol–water partition coefficient (Wildman–Crippen LogP) is 3.92. The van der Waals surface area contributed by atoms with Crippen LogP contribution in [0.2, 0.25) is 0 Å². The Morgan fingerprint density at radius 1 is 1.15 bits per heavy atom. The van der Waals surface area contributed by atoms with Crippen LogP contribution in [0.4, 0.5) is 26.3 Å². The van der Waals surface area contributed by atoms with Gasteiger partial charge in [0, 0.05) is 29.8 Å². The number of aliphatic hydroxyl groups excluding tert-OH is 1. The molecule has 0 spiro atoms. The fraction of sp³-hybridized carbons (Fsp3) is 0.450. The van der Waals surface area contributed by atoms with Crippen molar-refractivity contribution in [2.24, 2.45) is 0 Å². The molecule has 6 nitrogen and oxygen atoms in total. The second-order valence-electron chi connectivity index (χ2n) is 8.05. The van der Waals surface area contributed by atoms with Crippen molar-refractivity contribution >= 4 is 31.8 Å². The molecule has 0 aliphatic carbocycles. The number of β-amino-alcohol motifs (C(OH)–C–C–N with tert-alkyl or cyclic N) is 1. The zero-order valence-corrected chi connectivity index (χ0v) is 17.9. The molecular weight excluding hydrogens is 476 g/mol. The molecule has 1 saturated heterocycles. The Morgan fingerprint density at radius 3 is 2.45 bits per heavy atom. The standard InChI is InChI=1S/C20H19F6N3O3S/c1-33(31,32)17-12(20(24,25)26)4-5-14-16(17)11-7-10(19(21,22)23)8-28-18(11)29(14)13-3-2-6-27-9-15(13)30/h4-5,7-8,13,15,27,30H,2-3,6,9H2,1H3/t13-,15-/m0/s1. The van der Waals surface area contributed by atoms with E-state index in [1.807, 2.05) is 0 Å². The number of benzene rings is 1. The number of aliphatic hydroxyl groups is 1. The van der Waals surface area contributed by atoms with Gasteiger partial charge in [0.25, 0.3) is 0 Å². The zero-order valence-electron chi connectivity index (χ0n) is 17.1. The van der Waals surface area contributed by atoms with Gasteiger partial charge in [-0.25, -0.2) is 13.4 Å². The lowest BCUT2D eigenvalue weighted by Gasteiger charge is -2.24. The third kappa shape index (κ3) is 4.17. The van der Waals surface area contributed by atoms with Crippen LogP contribution >= 0.6 is 0 Å². The van der Waals surface area contributed by atoms with Crippen LogP contribution in [0.1, 0.15) is 30.0 Å². The van der Waals surface area contributed by atoms with E-state index in [2.05, 4.69) is 10.3 Å². The highest BCUT2D eigenvalue weighted by atomic mass is 32.2. The Balaban J connectivity index is 2.21. The number of nitrogens with zero attached hydrogens (tertiary/aromatic N) is 2. The van der Waals surface area contributed by atoms with Crippen molar-refractivity contribution in [2.75, 3.05) is 19.3 Å². The predicted molar refractivity (Wildman–Crippen MR) is 108 cm³/mol. The highest BCUT2D eigenvalue weighted by Crippen LogP contribution is 2.44. The van der Waals surface area contributed by atoms with Crippen LogP contribution in [0.15, 0.2) is 29.3 Å². The monoisotopic (exact) mass is 495 g/mol. The molecule has 180 valence electrons. The Hall–Kier alpha value is -2.38. The van der Waals surface area contributed by atoms with Crippen molar-refractivity contribution < 1.29 is 39.9 Å². The van der Waals surface area contributed by atoms with Gasteiger partial charge in [-0.05, 0) is 37.6 Å². The Labute approximate surface area is 184 Å². The zero-order chi connectivity index (χ0) is 24.3. The average molecular weight is 495 g/mol. The van der Waals surface area contributed by atoms with Gasteiger partial charge in [0.05, 0.1) is 33.7 Å². The third-order valence-electron chi connectivity index (χ3n) is 5.75. The molecule has 1 fully saturated rings. The fourth-order valence-corrected chi connectivity index (χ4v) is 5.56. The maximum absolute atomic E-state index is 13.7. The van der Waals surface area contributed by atoms with Crippen molar-refractivity contribution in [1.29, 1.82) is 0 Å². The number of alkyl halides is 6. The van der Waals surface area contributed by atoms with E-state index in [9.17, 15) is 39.9 Å². The Kier molecular flexibility index (Phi) is 5.65. The molecule has 0 radical (unpaired) electrons. The lowest BCUT2D eigenvalue weighted by Crippen LogP contribution is -2.31. The van der Waals surface area contributed by atoms with Gasteiger partial charge in [0.2, 0.25) is 0 Å². The van der Waals surface area contributed by atoms with Crippen LogP contribution in [0.25, 0.3) is 21.9 Å². The second kappa shape index (κ2) is 7.84. The van der Waals surface area contributed by atoms with E-state index >= 15 is 0 Å². The molecule has 3 aromatic rings. The largest absolute Gasteiger partial charge is 0.417 e. The summed E-state index contributed by atoms with van der Waals surface area (Å²) in [6.07, 6.45) is -8.90. The molecule has 0 unspecified atom stereocenters. The molecule has 33 heavy (non-hydrogen) atoms. The topological polar surface area (TPSA) is 84.2 Å². The van der Waals surface area contributed by atoms with Crippen LogP contribution < -0.4 is 5.32 Å². The molecule has 0 amide bonds. The first-order chi connectivity index (χ1) is 15.2. The van der Waals surface area contributed by atoms with Gasteiger partial charge in [-0.3, -0.25) is 0 Å². The van der Waals surface area contributed by atoms with E-state index in [0.29, 0.717) is 44.0 Å². The van der Waals surface area contributed by atoms with Crippen molar-refractivity contribution in [3.63, 3.8) is 0 Å². The van der Waals surface area contributed by atoms with Gasteiger partial charge in [0.15, 0.2) is 9.84 Å². The summed E-state index contributed by atoms with van der Waals surface area (Å²) in [5.41, 5.74) is -2.88. The SMILES string of the molecule is CS(=O)(=O)c1c(C(F)(F)F)ccc2c1c1cc(C(F)(F)F)cnc1n2[C@H]1CCCNC[C@@H]1O. The lowest BCUT2D eigenvalue weighted by atomic mass is 10.1. The summed E-state index contributed by atoms with van der Waals surface area (Å²) in [6, 6.07) is 1.48. The van der Waals surface area contributed by atoms with E-state index in [0.717, 1.165) is 6.07 Å². The van der Waals surface area contributed by atoms with Crippen molar-refractivity contribution in [2.45, 2.75) is 42.2 Å². The molecule has 4 rings (SSSR count). The van der Waals surface area contributed by atoms with Crippen LogP contribution in [-0.4, -0.2) is 48.5 Å². The molecule has 2 N–H and O–H groups in total. The fourth-order valence-electron chi connectivity index (χ4n) is 4.40. The number of halogens is 6. The molecule has 1 aromatic carbocycles. The van der Waals surface area contributed by atoms with E-state index in [1.54, 1.807) is 0 Å². The first-order valence-corrected chi connectivity index (χ1v) is 11.8. The van der Waals surface area contributed by atoms with Crippen LogP contribution in [0.3, 0.4) is 0 Å². The average Bonchev–Trinajstić information content (AvgIpc) is 2.86. The van der Waals surface area contributed by atoms with Gasteiger partial charge in [-0.1, -0.05) is 0 Å². The Bertz CT molecular complexity index is 1330. The first kappa shape index (κ1) is 23.8. The summed E-state index contributed by atoms with van der Waals surface area (Å²) in [4.78, 5) is 2.76. The number of sulfone groups is 1. The molecular formula is C20H19F6N3O3S. The quantitative estimate of drug-likeness (QED) is 0.527. The molecule has 0 saturated carbocycles. The summed E-state index contributed by atoms with van der Waals surface area (Å²) in [6.45, 7) is 0.704. The van der Waals surface area contributed by atoms with Crippen molar-refractivity contribution in [3.8, 4) is 0 Å². The number of hydrogen-bond acceptors (Lipinski definition) is 5. The van der Waals surface area contributed by atoms with Gasteiger partial charge in [-0.15, -0.1) is 0 Å². The minimum atomic E-state index is -5.07. The third-order valence-corrected chi connectivity index (χ3v) is 6.91. The van der Waals surface area contributed by atoms with Crippen molar-refractivity contribution in [1.82, 2.24) is 14.9 Å². The molecule has 2 atom stereocenters. The van der Waals surface area contributed by atoms with E-state index in [-0.39, 0.29) is 23.1 Å². The molecule has 2 aromatic heterocycles. The van der Waals surface area contributed by atoms with Gasteiger partial charge >= 0.3 is 12.4 Å². The number of rotatable bonds is 2. The minimum Gasteiger partial charge on any atom is -0.390 e. The molecule has 1 aliphatic heterocycles.